The molecule has 29 heavy (non-hydrogen) atoms. The normalized spacial score (nSPS) is 18.8. The summed E-state index contributed by atoms with van der Waals surface area (Å²) < 4.78 is 1.96. The molecule has 0 saturated carbocycles. The zero-order valence-electron chi connectivity index (χ0n) is 16.9. The van der Waals surface area contributed by atoms with Crippen LogP contribution in [-0.2, 0) is 0 Å². The van der Waals surface area contributed by atoms with E-state index in [0.29, 0.717) is 11.6 Å². The van der Waals surface area contributed by atoms with E-state index in [0.717, 1.165) is 25.2 Å². The van der Waals surface area contributed by atoms with E-state index in [1.807, 2.05) is 16.8 Å². The van der Waals surface area contributed by atoms with E-state index in [1.54, 1.807) is 6.33 Å². The van der Waals surface area contributed by atoms with Crippen LogP contribution in [0.15, 0.2) is 49.2 Å². The summed E-state index contributed by atoms with van der Waals surface area (Å²) in [4.78, 5) is 17.3. The van der Waals surface area contributed by atoms with Gasteiger partial charge < -0.3 is 19.7 Å². The Kier molecular flexibility index (Phi) is 4.91. The summed E-state index contributed by atoms with van der Waals surface area (Å²) >= 11 is 0. The van der Waals surface area contributed by atoms with Gasteiger partial charge in [-0.15, -0.1) is 0 Å². The molecule has 3 heterocycles. The smallest absolute Gasteiger partial charge is 0.158 e. The van der Waals surface area contributed by atoms with Crippen molar-refractivity contribution >= 4 is 17.3 Å². The Labute approximate surface area is 170 Å². The second kappa shape index (κ2) is 7.53. The molecule has 1 aliphatic heterocycles. The molecule has 3 aromatic rings. The maximum atomic E-state index is 8.79. The predicted molar refractivity (Wildman–Crippen MR) is 113 cm³/mol. The summed E-state index contributed by atoms with van der Waals surface area (Å²) in [5, 5.41) is 11.9. The van der Waals surface area contributed by atoms with E-state index in [-0.39, 0.29) is 11.2 Å². The molecule has 0 aliphatic carbocycles. The molecule has 1 atom stereocenters. The fourth-order valence-electron chi connectivity index (χ4n) is 3.48. The summed E-state index contributed by atoms with van der Waals surface area (Å²) in [6.07, 6.45) is 7.76. The van der Waals surface area contributed by atoms with Crippen LogP contribution in [0, 0.1) is 11.3 Å². The zero-order valence-corrected chi connectivity index (χ0v) is 16.9. The van der Waals surface area contributed by atoms with Crippen LogP contribution in [-0.4, -0.2) is 57.1 Å². The van der Waals surface area contributed by atoms with Crippen LogP contribution >= 0.6 is 0 Å². The van der Waals surface area contributed by atoms with Gasteiger partial charge in [0.15, 0.2) is 5.69 Å². The third kappa shape index (κ3) is 3.91. The van der Waals surface area contributed by atoms with Crippen LogP contribution in [0.3, 0.4) is 0 Å². The molecule has 1 N–H and O–H groups in total. The van der Waals surface area contributed by atoms with Gasteiger partial charge in [0.2, 0.25) is 0 Å². The van der Waals surface area contributed by atoms with Crippen molar-refractivity contribution in [1.82, 2.24) is 24.4 Å². The molecular weight excluding hydrogens is 364 g/mol. The van der Waals surface area contributed by atoms with E-state index in [9.17, 15) is 0 Å². The lowest BCUT2D eigenvalue weighted by molar-refractivity contribution is 0.198. The molecule has 0 spiro atoms. The summed E-state index contributed by atoms with van der Waals surface area (Å²) in [6.45, 7) is 4.42. The van der Waals surface area contributed by atoms with E-state index >= 15 is 0 Å². The topological polar surface area (TPSA) is 85.9 Å². The van der Waals surface area contributed by atoms with Crippen molar-refractivity contribution in [2.24, 2.45) is 0 Å². The number of imidazole rings is 1. The number of aromatic nitrogens is 4. The van der Waals surface area contributed by atoms with Crippen molar-refractivity contribution in [2.45, 2.75) is 18.9 Å². The fourth-order valence-corrected chi connectivity index (χ4v) is 3.48. The van der Waals surface area contributed by atoms with Crippen molar-refractivity contribution in [3.8, 4) is 11.8 Å². The van der Waals surface area contributed by atoms with Crippen LogP contribution in [0.2, 0.25) is 0 Å². The highest BCUT2D eigenvalue weighted by molar-refractivity contribution is 5.54. The molecule has 0 amide bonds. The van der Waals surface area contributed by atoms with E-state index in [1.165, 1.54) is 18.1 Å². The molecule has 1 fully saturated rings. The molecular formula is C21H24N8. The number of benzene rings is 1. The van der Waals surface area contributed by atoms with Crippen LogP contribution in [0.5, 0.6) is 0 Å². The number of nitrogens with zero attached hydrogens (tertiary/aromatic N) is 7. The molecule has 1 saturated heterocycles. The highest BCUT2D eigenvalue weighted by Gasteiger charge is 2.35. The Morgan fingerprint density at radius 1 is 1.07 bits per heavy atom. The lowest BCUT2D eigenvalue weighted by atomic mass is 10.0. The van der Waals surface area contributed by atoms with Gasteiger partial charge >= 0.3 is 0 Å². The number of nitriles is 1. The average molecular weight is 388 g/mol. The van der Waals surface area contributed by atoms with Crippen LogP contribution in [0.1, 0.15) is 19.0 Å². The van der Waals surface area contributed by atoms with Crippen molar-refractivity contribution in [3.05, 3.63) is 54.9 Å². The van der Waals surface area contributed by atoms with Gasteiger partial charge in [0.1, 0.15) is 24.0 Å². The fraction of sp³-hybridized carbons (Fsp3) is 0.333. The second-order valence-corrected chi connectivity index (χ2v) is 7.77. The Balaban J connectivity index is 1.44. The Bertz CT molecular complexity index is 1020. The first-order chi connectivity index (χ1) is 14.0. The van der Waals surface area contributed by atoms with E-state index in [4.69, 9.17) is 5.26 Å². The van der Waals surface area contributed by atoms with Crippen LogP contribution in [0.25, 0.3) is 5.69 Å². The number of anilines is 3. The van der Waals surface area contributed by atoms with E-state index < -0.39 is 0 Å². The summed E-state index contributed by atoms with van der Waals surface area (Å²) in [6, 6.07) is 10.5. The highest BCUT2D eigenvalue weighted by Crippen LogP contribution is 2.30. The Hall–Kier alpha value is -3.44. The minimum Gasteiger partial charge on any atom is -0.370 e. The number of likely N-dealkylation sites (N-methyl/N-ethyl adjacent to an activating group) is 1. The van der Waals surface area contributed by atoms with Crippen LogP contribution in [0.4, 0.5) is 17.3 Å². The molecule has 148 valence electrons. The first-order valence-corrected chi connectivity index (χ1v) is 9.53. The number of rotatable bonds is 5. The lowest BCUT2D eigenvalue weighted by Gasteiger charge is -2.32. The third-order valence-electron chi connectivity index (χ3n) is 5.65. The molecule has 1 unspecified atom stereocenters. The Morgan fingerprint density at radius 2 is 1.83 bits per heavy atom. The number of hydrogen-bond acceptors (Lipinski definition) is 7. The molecule has 1 aliphatic rings. The molecule has 4 rings (SSSR count). The van der Waals surface area contributed by atoms with Crippen LogP contribution < -0.4 is 10.2 Å². The van der Waals surface area contributed by atoms with Gasteiger partial charge in [-0.05, 0) is 51.7 Å². The minimum absolute atomic E-state index is 0.220. The van der Waals surface area contributed by atoms with Gasteiger partial charge in [0.05, 0.1) is 18.6 Å². The zero-order chi connectivity index (χ0) is 20.4. The highest BCUT2D eigenvalue weighted by atomic mass is 15.3. The van der Waals surface area contributed by atoms with Crippen molar-refractivity contribution in [2.75, 3.05) is 37.4 Å². The predicted octanol–water partition coefficient (Wildman–Crippen LogP) is 2.81. The van der Waals surface area contributed by atoms with Gasteiger partial charge in [-0.1, -0.05) is 0 Å². The molecule has 8 heteroatoms. The van der Waals surface area contributed by atoms with Gasteiger partial charge in [-0.3, -0.25) is 0 Å². The average Bonchev–Trinajstić information content (AvgIpc) is 3.36. The maximum Gasteiger partial charge on any atom is 0.158 e. The maximum absolute atomic E-state index is 8.79. The van der Waals surface area contributed by atoms with Gasteiger partial charge in [-0.25, -0.2) is 15.0 Å². The largest absolute Gasteiger partial charge is 0.370 e. The van der Waals surface area contributed by atoms with Crippen molar-refractivity contribution in [3.63, 3.8) is 0 Å². The standard InChI is InChI=1S/C21H24N8/c1-21(27(2)3)8-9-28(14-21)17-4-6-18(7-5-17)29-13-20(25-15-29)26-19-12-23-16(10-22)11-24-19/h4-7,11-13,15H,8-9,14H2,1-3H3,(H,24,26). The third-order valence-corrected chi connectivity index (χ3v) is 5.65. The number of hydrogen-bond donors (Lipinski definition) is 1. The van der Waals surface area contributed by atoms with Crippen molar-refractivity contribution in [1.29, 1.82) is 5.26 Å². The second-order valence-electron chi connectivity index (χ2n) is 7.77. The molecule has 0 bridgehead atoms. The Morgan fingerprint density at radius 3 is 2.45 bits per heavy atom. The number of nitrogens with one attached hydrogen (secondary N) is 1. The summed E-state index contributed by atoms with van der Waals surface area (Å²) in [5.74, 6) is 1.21. The van der Waals surface area contributed by atoms with Gasteiger partial charge in [0, 0.05) is 30.0 Å². The van der Waals surface area contributed by atoms with Gasteiger partial charge in [-0.2, -0.15) is 5.26 Å². The summed E-state index contributed by atoms with van der Waals surface area (Å²) in [5.41, 5.74) is 2.78. The minimum atomic E-state index is 0.220. The molecule has 0 radical (unpaired) electrons. The first-order valence-electron chi connectivity index (χ1n) is 9.53. The SMILES string of the molecule is CN(C)C1(C)CCN(c2ccc(-n3cnc(Nc4cnc(C#N)cn4)c3)cc2)C1. The first kappa shape index (κ1) is 18.9. The monoisotopic (exact) mass is 388 g/mol. The van der Waals surface area contributed by atoms with Gasteiger partial charge in [0.25, 0.3) is 0 Å². The molecule has 2 aromatic heterocycles. The van der Waals surface area contributed by atoms with Crippen molar-refractivity contribution < 1.29 is 0 Å². The lowest BCUT2D eigenvalue weighted by Crippen LogP contribution is -2.43. The summed E-state index contributed by atoms with van der Waals surface area (Å²) in [7, 11) is 4.31. The molecule has 1 aromatic carbocycles. The quantitative estimate of drug-likeness (QED) is 0.719. The van der Waals surface area contributed by atoms with E-state index in [2.05, 4.69) is 75.4 Å². The molecule has 8 nitrogen and oxygen atoms in total.